The molecule has 0 saturated carbocycles. The molecule has 0 aliphatic rings. The Hall–Kier alpha value is -3.36. The molecule has 1 aromatic heterocycles. The summed E-state index contributed by atoms with van der Waals surface area (Å²) >= 11 is 0. The molecule has 1 N–H and O–H groups in total. The van der Waals surface area contributed by atoms with E-state index in [0.29, 0.717) is 17.9 Å². The highest BCUT2D eigenvalue weighted by Crippen LogP contribution is 2.20. The Bertz CT molecular complexity index is 1090. The number of ether oxygens (including phenoxy) is 1. The Balaban J connectivity index is 2.06. The number of hydrogen-bond donors (Lipinski definition) is 1. The van der Waals surface area contributed by atoms with Gasteiger partial charge in [-0.1, -0.05) is 12.1 Å². The Morgan fingerprint density at radius 3 is 2.54 bits per heavy atom. The molecule has 0 atom stereocenters. The van der Waals surface area contributed by atoms with Gasteiger partial charge in [0.25, 0.3) is 0 Å². The lowest BCUT2D eigenvalue weighted by Crippen LogP contribution is -2.33. The molecule has 0 aliphatic carbocycles. The van der Waals surface area contributed by atoms with Gasteiger partial charge in [0.2, 0.25) is 0 Å². The van der Waals surface area contributed by atoms with E-state index in [9.17, 15) is 22.8 Å². The smallest absolute Gasteiger partial charge is 0.353 e. The van der Waals surface area contributed by atoms with Crippen LogP contribution in [0.25, 0.3) is 0 Å². The van der Waals surface area contributed by atoms with Crippen LogP contribution in [0.5, 0.6) is 11.8 Å². The predicted molar refractivity (Wildman–Crippen MR) is 85.8 cm³/mol. The van der Waals surface area contributed by atoms with E-state index < -0.39 is 41.4 Å². The topological polar surface area (TPSA) is 77.0 Å². The Morgan fingerprint density at radius 1 is 1.08 bits per heavy atom. The maximum atomic E-state index is 13.9. The van der Waals surface area contributed by atoms with Gasteiger partial charge in [0.05, 0.1) is 6.54 Å². The van der Waals surface area contributed by atoms with Crippen molar-refractivity contribution in [2.45, 2.75) is 13.5 Å². The van der Waals surface area contributed by atoms with Crippen LogP contribution in [0.1, 0.15) is 11.1 Å². The van der Waals surface area contributed by atoms with Gasteiger partial charge in [0, 0.05) is 11.6 Å². The number of aryl methyl sites for hydroxylation is 1. The fourth-order valence-electron chi connectivity index (χ4n) is 2.28. The van der Waals surface area contributed by atoms with Crippen molar-refractivity contribution in [3.05, 3.63) is 85.9 Å². The summed E-state index contributed by atoms with van der Waals surface area (Å²) in [4.78, 5) is 29.1. The van der Waals surface area contributed by atoms with Gasteiger partial charge in [-0.2, -0.15) is 0 Å². The van der Waals surface area contributed by atoms with Crippen molar-refractivity contribution in [2.75, 3.05) is 0 Å². The molecule has 0 unspecified atom stereocenters. The van der Waals surface area contributed by atoms with E-state index in [2.05, 4.69) is 4.98 Å². The number of benzene rings is 2. The molecule has 0 bridgehead atoms. The van der Waals surface area contributed by atoms with Gasteiger partial charge < -0.3 is 4.74 Å². The lowest BCUT2D eigenvalue weighted by Gasteiger charge is -2.12. The van der Waals surface area contributed by atoms with Crippen molar-refractivity contribution in [3.8, 4) is 11.8 Å². The van der Waals surface area contributed by atoms with Crippen molar-refractivity contribution < 1.29 is 17.9 Å². The van der Waals surface area contributed by atoms with Gasteiger partial charge in [-0.15, -0.1) is 4.98 Å². The second-order valence-electron chi connectivity index (χ2n) is 5.49. The summed E-state index contributed by atoms with van der Waals surface area (Å²) in [6.07, 6.45) is 0. The van der Waals surface area contributed by atoms with Crippen molar-refractivity contribution in [1.82, 2.24) is 14.5 Å². The summed E-state index contributed by atoms with van der Waals surface area (Å²) in [6, 6.07) is 7.29. The second kappa shape index (κ2) is 6.87. The lowest BCUT2D eigenvalue weighted by atomic mass is 10.2. The molecule has 0 radical (unpaired) electrons. The van der Waals surface area contributed by atoms with Gasteiger partial charge in [-0.05, 0) is 30.7 Å². The normalized spacial score (nSPS) is 10.8. The van der Waals surface area contributed by atoms with Gasteiger partial charge in [0.15, 0.2) is 11.6 Å². The number of hydrogen-bond acceptors (Lipinski definition) is 4. The molecule has 3 aromatic rings. The standard InChI is InChI=1S/C17H12F3N3O3/c1-9-3-2-4-11(5-9)26-17-22-15(24)21-16(25)23(17)8-10-6-13(19)14(20)7-12(10)18/h2-7H,8H2,1H3,(H,21,24,25). The largest absolute Gasteiger partial charge is 0.425 e. The van der Waals surface area contributed by atoms with Gasteiger partial charge in [0.1, 0.15) is 11.6 Å². The van der Waals surface area contributed by atoms with Crippen LogP contribution < -0.4 is 16.1 Å². The van der Waals surface area contributed by atoms with Crippen LogP contribution in [0.4, 0.5) is 13.2 Å². The maximum Gasteiger partial charge on any atom is 0.353 e. The van der Waals surface area contributed by atoms with Crippen molar-refractivity contribution in [2.24, 2.45) is 0 Å². The first-order valence-electron chi connectivity index (χ1n) is 7.42. The molecule has 26 heavy (non-hydrogen) atoms. The van der Waals surface area contributed by atoms with Crippen molar-refractivity contribution in [3.63, 3.8) is 0 Å². The highest BCUT2D eigenvalue weighted by molar-refractivity contribution is 5.30. The Kier molecular flexibility index (Phi) is 4.61. The summed E-state index contributed by atoms with van der Waals surface area (Å²) in [5.41, 5.74) is -1.35. The summed E-state index contributed by atoms with van der Waals surface area (Å²) in [5.74, 6) is -3.38. The first-order chi connectivity index (χ1) is 12.3. The minimum atomic E-state index is -1.35. The highest BCUT2D eigenvalue weighted by atomic mass is 19.2. The third-order valence-electron chi connectivity index (χ3n) is 3.50. The number of nitrogens with zero attached hydrogens (tertiary/aromatic N) is 2. The average molecular weight is 363 g/mol. The molecule has 0 fully saturated rings. The fraction of sp³-hybridized carbons (Fsp3) is 0.118. The third kappa shape index (κ3) is 3.66. The average Bonchev–Trinajstić information content (AvgIpc) is 2.55. The molecule has 0 aliphatic heterocycles. The van der Waals surface area contributed by atoms with E-state index in [-0.39, 0.29) is 5.56 Å². The number of aromatic nitrogens is 3. The van der Waals surface area contributed by atoms with Crippen LogP contribution in [-0.2, 0) is 6.54 Å². The van der Waals surface area contributed by atoms with E-state index in [1.54, 1.807) is 18.2 Å². The first-order valence-corrected chi connectivity index (χ1v) is 7.42. The van der Waals surface area contributed by atoms with Crippen molar-refractivity contribution >= 4 is 0 Å². The van der Waals surface area contributed by atoms with E-state index >= 15 is 0 Å². The van der Waals surface area contributed by atoms with Crippen LogP contribution in [0.3, 0.4) is 0 Å². The number of halogens is 3. The molecule has 0 amide bonds. The third-order valence-corrected chi connectivity index (χ3v) is 3.50. The second-order valence-corrected chi connectivity index (χ2v) is 5.49. The maximum absolute atomic E-state index is 13.9. The zero-order valence-electron chi connectivity index (χ0n) is 13.4. The van der Waals surface area contributed by atoms with Crippen molar-refractivity contribution in [1.29, 1.82) is 0 Å². The summed E-state index contributed by atoms with van der Waals surface area (Å²) in [5, 5.41) is 0. The molecule has 1 heterocycles. The molecule has 6 nitrogen and oxygen atoms in total. The van der Waals surface area contributed by atoms with Crippen LogP contribution >= 0.6 is 0 Å². The molecule has 3 rings (SSSR count). The fourth-order valence-corrected chi connectivity index (χ4v) is 2.28. The van der Waals surface area contributed by atoms with Crippen LogP contribution in [-0.4, -0.2) is 14.5 Å². The monoisotopic (exact) mass is 363 g/mol. The van der Waals surface area contributed by atoms with E-state index in [1.807, 2.05) is 18.0 Å². The van der Waals surface area contributed by atoms with Crippen LogP contribution in [0.2, 0.25) is 0 Å². The Labute approximate surface area is 144 Å². The molecule has 0 saturated heterocycles. The summed E-state index contributed by atoms with van der Waals surface area (Å²) in [6.45, 7) is 1.29. The zero-order chi connectivity index (χ0) is 18.8. The highest BCUT2D eigenvalue weighted by Gasteiger charge is 2.15. The Morgan fingerprint density at radius 2 is 1.81 bits per heavy atom. The quantitative estimate of drug-likeness (QED) is 0.723. The minimum absolute atomic E-state index is 0.294. The molecule has 0 spiro atoms. The number of rotatable bonds is 4. The van der Waals surface area contributed by atoms with Crippen LogP contribution in [0.15, 0.2) is 46.0 Å². The van der Waals surface area contributed by atoms with Gasteiger partial charge >= 0.3 is 17.4 Å². The number of aromatic amines is 1. The molecule has 134 valence electrons. The summed E-state index contributed by atoms with van der Waals surface area (Å²) in [7, 11) is 0. The van der Waals surface area contributed by atoms with E-state index in [1.165, 1.54) is 0 Å². The first kappa shape index (κ1) is 17.5. The molecular weight excluding hydrogens is 351 g/mol. The molecule has 2 aromatic carbocycles. The van der Waals surface area contributed by atoms with Gasteiger partial charge in [-0.3, -0.25) is 4.98 Å². The SMILES string of the molecule is Cc1cccc(Oc2nc(=O)[nH]c(=O)n2Cc2cc(F)c(F)cc2F)c1. The molecule has 9 heteroatoms. The van der Waals surface area contributed by atoms with Crippen LogP contribution in [0, 0.1) is 24.4 Å². The van der Waals surface area contributed by atoms with Gasteiger partial charge in [-0.25, -0.2) is 27.3 Å². The molecular formula is C17H12F3N3O3. The van der Waals surface area contributed by atoms with E-state index in [4.69, 9.17) is 4.74 Å². The van der Waals surface area contributed by atoms with E-state index in [0.717, 1.165) is 10.1 Å². The number of nitrogens with one attached hydrogen (secondary N) is 1. The minimum Gasteiger partial charge on any atom is -0.425 e. The lowest BCUT2D eigenvalue weighted by molar-refractivity contribution is 0.393. The summed E-state index contributed by atoms with van der Waals surface area (Å²) < 4.78 is 46.6. The number of H-pyrrole nitrogens is 1. The zero-order valence-corrected chi connectivity index (χ0v) is 13.4. The predicted octanol–water partition coefficient (Wildman–Crippen LogP) is 2.50.